The van der Waals surface area contributed by atoms with Crippen LogP contribution < -0.4 is 5.56 Å². The maximum atomic E-state index is 13.8. The molecule has 4 aromatic rings. The lowest BCUT2D eigenvalue weighted by Crippen LogP contribution is -2.40. The number of aromatic nitrogens is 2. The second-order valence-electron chi connectivity index (χ2n) is 10.5. The summed E-state index contributed by atoms with van der Waals surface area (Å²) in [6, 6.07) is 23.1. The van der Waals surface area contributed by atoms with Gasteiger partial charge in [0.2, 0.25) is 5.91 Å². The molecule has 0 N–H and O–H groups in total. The van der Waals surface area contributed by atoms with Gasteiger partial charge in [0.1, 0.15) is 12.4 Å². The molecule has 0 atom stereocenters. The van der Waals surface area contributed by atoms with Gasteiger partial charge in [0, 0.05) is 37.1 Å². The lowest BCUT2D eigenvalue weighted by molar-refractivity contribution is -0.132. The first-order valence-corrected chi connectivity index (χ1v) is 15.4. The van der Waals surface area contributed by atoms with E-state index in [0.717, 1.165) is 41.9 Å². The van der Waals surface area contributed by atoms with E-state index in [1.54, 1.807) is 29.8 Å². The third-order valence-electron chi connectivity index (χ3n) is 7.36. The van der Waals surface area contributed by atoms with Crippen molar-refractivity contribution in [1.29, 1.82) is 0 Å². The summed E-state index contributed by atoms with van der Waals surface area (Å²) < 4.78 is 15.1. The third kappa shape index (κ3) is 8.63. The number of amides is 1. The number of likely N-dealkylation sites (N-methyl/N-ethyl adjacent to an activating group) is 1. The second-order valence-corrected chi connectivity index (χ2v) is 11.4. The Morgan fingerprint density at radius 1 is 0.857 bits per heavy atom. The van der Waals surface area contributed by atoms with Gasteiger partial charge in [0.25, 0.3) is 5.56 Å². The Kier molecular flexibility index (Phi) is 11.1. The van der Waals surface area contributed by atoms with Crippen LogP contribution in [0.4, 0.5) is 4.39 Å². The predicted octanol–water partition coefficient (Wildman–Crippen LogP) is 6.33. The number of aryl methyl sites for hydroxylation is 2. The van der Waals surface area contributed by atoms with Gasteiger partial charge in [-0.3, -0.25) is 9.59 Å². The van der Waals surface area contributed by atoms with Crippen molar-refractivity contribution in [2.75, 3.05) is 26.2 Å². The lowest BCUT2D eigenvalue weighted by Gasteiger charge is -2.27. The first-order valence-electron chi connectivity index (χ1n) is 14.4. The SMILES string of the molecule is CCN(CC)CCN(Cc1ccc(-c2ccc(C)cc2)cc1)C(=O)Cn1cc(C)c(=O)nc1SCc1ccc(F)cc1. The van der Waals surface area contributed by atoms with Gasteiger partial charge in [-0.15, -0.1) is 0 Å². The smallest absolute Gasteiger partial charge is 0.276 e. The maximum Gasteiger partial charge on any atom is 0.276 e. The number of thioether (sulfide) groups is 1. The molecule has 0 aliphatic rings. The summed E-state index contributed by atoms with van der Waals surface area (Å²) in [6.07, 6.45) is 1.71. The van der Waals surface area contributed by atoms with Crippen molar-refractivity contribution in [2.45, 2.75) is 51.7 Å². The van der Waals surface area contributed by atoms with Crippen molar-refractivity contribution < 1.29 is 9.18 Å². The first kappa shape index (κ1) is 31.2. The minimum atomic E-state index is -0.313. The van der Waals surface area contributed by atoms with Crippen LogP contribution in [0, 0.1) is 19.7 Å². The minimum absolute atomic E-state index is 0.0433. The Labute approximate surface area is 252 Å². The number of hydrogen-bond acceptors (Lipinski definition) is 5. The number of carbonyl (C=O) groups is 1. The van der Waals surface area contributed by atoms with Crippen LogP contribution in [0.25, 0.3) is 11.1 Å². The highest BCUT2D eigenvalue weighted by atomic mass is 32.2. The van der Waals surface area contributed by atoms with E-state index in [2.05, 4.69) is 79.2 Å². The van der Waals surface area contributed by atoms with Crippen molar-refractivity contribution >= 4 is 17.7 Å². The van der Waals surface area contributed by atoms with Gasteiger partial charge in [-0.2, -0.15) is 4.98 Å². The van der Waals surface area contributed by atoms with Crippen LogP contribution in [-0.2, 0) is 23.6 Å². The molecule has 42 heavy (non-hydrogen) atoms. The molecule has 0 aliphatic carbocycles. The Bertz CT molecular complexity index is 1520. The van der Waals surface area contributed by atoms with E-state index in [1.807, 2.05) is 4.90 Å². The van der Waals surface area contributed by atoms with Crippen LogP contribution in [0.5, 0.6) is 0 Å². The molecule has 0 saturated carbocycles. The van der Waals surface area contributed by atoms with Crippen LogP contribution >= 0.6 is 11.8 Å². The van der Waals surface area contributed by atoms with E-state index >= 15 is 0 Å². The summed E-state index contributed by atoms with van der Waals surface area (Å²) >= 11 is 1.36. The Hall–Kier alpha value is -3.75. The molecule has 1 aromatic heterocycles. The lowest BCUT2D eigenvalue weighted by atomic mass is 10.0. The van der Waals surface area contributed by atoms with E-state index in [1.165, 1.54) is 29.5 Å². The molecule has 0 fully saturated rings. The Balaban J connectivity index is 1.53. The van der Waals surface area contributed by atoms with Crippen molar-refractivity contribution in [3.63, 3.8) is 0 Å². The van der Waals surface area contributed by atoms with Crippen molar-refractivity contribution in [3.05, 3.63) is 117 Å². The second kappa shape index (κ2) is 14.9. The molecule has 1 amide bonds. The van der Waals surface area contributed by atoms with E-state index in [9.17, 15) is 14.0 Å². The van der Waals surface area contributed by atoms with Crippen LogP contribution in [0.1, 0.15) is 36.1 Å². The largest absolute Gasteiger partial charge is 0.336 e. The zero-order chi connectivity index (χ0) is 30.1. The summed E-state index contributed by atoms with van der Waals surface area (Å²) in [7, 11) is 0. The van der Waals surface area contributed by atoms with Crippen LogP contribution in [0.2, 0.25) is 0 Å². The molecular weight excluding hydrogens is 547 g/mol. The Morgan fingerprint density at radius 2 is 1.45 bits per heavy atom. The van der Waals surface area contributed by atoms with Gasteiger partial charge in [0.05, 0.1) is 0 Å². The van der Waals surface area contributed by atoms with Crippen LogP contribution in [0.3, 0.4) is 0 Å². The summed E-state index contributed by atoms with van der Waals surface area (Å²) in [5, 5.41) is 0.467. The zero-order valence-electron chi connectivity index (χ0n) is 24.8. The Morgan fingerprint density at radius 3 is 2.07 bits per heavy atom. The van der Waals surface area contributed by atoms with E-state index in [0.29, 0.717) is 29.6 Å². The topological polar surface area (TPSA) is 58.4 Å². The highest BCUT2D eigenvalue weighted by Crippen LogP contribution is 2.23. The van der Waals surface area contributed by atoms with Gasteiger partial charge in [-0.05, 0) is 61.3 Å². The molecule has 220 valence electrons. The van der Waals surface area contributed by atoms with Crippen molar-refractivity contribution in [3.8, 4) is 11.1 Å². The van der Waals surface area contributed by atoms with Crippen molar-refractivity contribution in [2.24, 2.45) is 0 Å². The molecule has 0 bridgehead atoms. The van der Waals surface area contributed by atoms with E-state index in [4.69, 9.17) is 0 Å². The predicted molar refractivity (Wildman–Crippen MR) is 169 cm³/mol. The molecule has 6 nitrogen and oxygen atoms in total. The number of benzene rings is 3. The standard InChI is InChI=1S/C34H39FN4O2S/c1-5-37(6-2)19-20-38(22-27-9-15-30(16-10-27)29-13-7-25(3)8-14-29)32(40)23-39-21-26(4)33(41)36-34(39)42-24-28-11-17-31(35)18-12-28/h7-18,21H,5-6,19-20,22-24H2,1-4H3. The molecule has 3 aromatic carbocycles. The highest BCUT2D eigenvalue weighted by molar-refractivity contribution is 7.98. The summed E-state index contributed by atoms with van der Waals surface area (Å²) in [4.78, 5) is 34.7. The molecular formula is C34H39FN4O2S. The fraction of sp³-hybridized carbons (Fsp3) is 0.324. The highest BCUT2D eigenvalue weighted by Gasteiger charge is 2.18. The van der Waals surface area contributed by atoms with Gasteiger partial charge >= 0.3 is 0 Å². The number of nitrogens with zero attached hydrogens (tertiary/aromatic N) is 4. The zero-order valence-corrected chi connectivity index (χ0v) is 25.7. The van der Waals surface area contributed by atoms with E-state index < -0.39 is 0 Å². The van der Waals surface area contributed by atoms with Crippen LogP contribution in [-0.4, -0.2) is 51.4 Å². The average molecular weight is 587 g/mol. The molecule has 0 radical (unpaired) electrons. The summed E-state index contributed by atoms with van der Waals surface area (Å²) in [6.45, 7) is 11.8. The third-order valence-corrected chi connectivity index (χ3v) is 8.42. The van der Waals surface area contributed by atoms with Gasteiger partial charge in [0.15, 0.2) is 5.16 Å². The number of hydrogen-bond donors (Lipinski definition) is 0. The first-order chi connectivity index (χ1) is 20.2. The molecule has 0 saturated heterocycles. The fourth-order valence-corrected chi connectivity index (χ4v) is 5.57. The molecule has 8 heteroatoms. The fourth-order valence-electron chi connectivity index (χ4n) is 4.65. The molecule has 0 aliphatic heterocycles. The van der Waals surface area contributed by atoms with Gasteiger partial charge in [-0.1, -0.05) is 91.8 Å². The van der Waals surface area contributed by atoms with Gasteiger partial charge < -0.3 is 14.4 Å². The monoisotopic (exact) mass is 586 g/mol. The number of rotatable bonds is 13. The van der Waals surface area contributed by atoms with Crippen molar-refractivity contribution in [1.82, 2.24) is 19.4 Å². The normalized spacial score (nSPS) is 11.2. The van der Waals surface area contributed by atoms with Gasteiger partial charge in [-0.25, -0.2) is 4.39 Å². The average Bonchev–Trinajstić information content (AvgIpc) is 2.99. The molecule has 0 unspecified atom stereocenters. The molecule has 1 heterocycles. The van der Waals surface area contributed by atoms with E-state index in [-0.39, 0.29) is 23.8 Å². The summed E-state index contributed by atoms with van der Waals surface area (Å²) in [5.41, 5.74) is 5.65. The molecule has 0 spiro atoms. The molecule has 4 rings (SSSR count). The maximum absolute atomic E-state index is 13.8. The summed E-state index contributed by atoms with van der Waals surface area (Å²) in [5.74, 6) is 0.163. The quantitative estimate of drug-likeness (QED) is 0.135. The number of carbonyl (C=O) groups excluding carboxylic acids is 1. The number of halogens is 1. The van der Waals surface area contributed by atoms with Crippen LogP contribution in [0.15, 0.2) is 88.9 Å². The minimum Gasteiger partial charge on any atom is -0.336 e.